The minimum Gasteiger partial charge on any atom is -0.390 e. The van der Waals surface area contributed by atoms with Crippen LogP contribution >= 0.6 is 0 Å². The summed E-state index contributed by atoms with van der Waals surface area (Å²) in [6.07, 6.45) is 6.01. The topological polar surface area (TPSA) is 101 Å². The van der Waals surface area contributed by atoms with E-state index in [9.17, 15) is 5.11 Å². The third kappa shape index (κ3) is 11.8. The summed E-state index contributed by atoms with van der Waals surface area (Å²) in [6.45, 7) is 5.64. The molecule has 1 saturated carbocycles. The van der Waals surface area contributed by atoms with Crippen molar-refractivity contribution in [1.29, 1.82) is 0 Å². The molecule has 0 spiro atoms. The molecule has 9 nitrogen and oxygen atoms in total. The van der Waals surface area contributed by atoms with Gasteiger partial charge in [-0.3, -0.25) is 0 Å². The lowest BCUT2D eigenvalue weighted by molar-refractivity contribution is -0.0316. The van der Waals surface area contributed by atoms with Crippen molar-refractivity contribution >= 4 is 0 Å². The number of hydrogen-bond donors (Lipinski definition) is 1. The third-order valence-corrected chi connectivity index (χ3v) is 5.06. The number of rotatable bonds is 18. The Labute approximate surface area is 185 Å². The predicted octanol–water partition coefficient (Wildman–Crippen LogP) is 1.72. The van der Waals surface area contributed by atoms with E-state index in [0.717, 1.165) is 31.5 Å². The van der Waals surface area contributed by atoms with Crippen LogP contribution in [0.15, 0.2) is 12.3 Å². The van der Waals surface area contributed by atoms with Crippen LogP contribution in [0, 0.1) is 0 Å². The molecular weight excluding hydrogens is 404 g/mol. The van der Waals surface area contributed by atoms with E-state index in [4.69, 9.17) is 28.4 Å². The van der Waals surface area contributed by atoms with Crippen molar-refractivity contribution < 1.29 is 33.5 Å². The van der Waals surface area contributed by atoms with Crippen molar-refractivity contribution in [2.45, 2.75) is 44.3 Å². The molecule has 178 valence electrons. The lowest BCUT2D eigenvalue weighted by Crippen LogP contribution is -2.23. The van der Waals surface area contributed by atoms with Crippen molar-refractivity contribution in [2.75, 3.05) is 73.2 Å². The fraction of sp³-hybridized carbons (Fsp3) is 0.818. The van der Waals surface area contributed by atoms with Crippen molar-refractivity contribution in [3.63, 3.8) is 0 Å². The second kappa shape index (κ2) is 17.4. The van der Waals surface area contributed by atoms with Crippen molar-refractivity contribution in [3.05, 3.63) is 23.8 Å². The SMILES string of the molecule is COCCOCCOCCOCCOCCO[C@H]1CC[C@@H](c2nccc(CO)n2)CC1. The summed E-state index contributed by atoms with van der Waals surface area (Å²) in [4.78, 5) is 8.80. The Morgan fingerprint density at radius 3 is 1.90 bits per heavy atom. The fourth-order valence-electron chi connectivity index (χ4n) is 3.36. The van der Waals surface area contributed by atoms with Crippen LogP contribution < -0.4 is 0 Å². The number of nitrogens with zero attached hydrogens (tertiary/aromatic N) is 2. The monoisotopic (exact) mass is 442 g/mol. The van der Waals surface area contributed by atoms with Crippen LogP contribution in [-0.4, -0.2) is 94.4 Å². The van der Waals surface area contributed by atoms with E-state index < -0.39 is 0 Å². The molecule has 2 rings (SSSR count). The highest BCUT2D eigenvalue weighted by Crippen LogP contribution is 2.32. The van der Waals surface area contributed by atoms with Crippen molar-refractivity contribution in [1.82, 2.24) is 9.97 Å². The van der Waals surface area contributed by atoms with Crippen LogP contribution in [0.3, 0.4) is 0 Å². The van der Waals surface area contributed by atoms with Gasteiger partial charge in [0.15, 0.2) is 0 Å². The molecule has 1 fully saturated rings. The molecule has 31 heavy (non-hydrogen) atoms. The van der Waals surface area contributed by atoms with E-state index >= 15 is 0 Å². The molecule has 0 bridgehead atoms. The van der Waals surface area contributed by atoms with Gasteiger partial charge in [-0.05, 0) is 31.7 Å². The summed E-state index contributed by atoms with van der Waals surface area (Å²) in [7, 11) is 1.65. The molecule has 1 heterocycles. The largest absolute Gasteiger partial charge is 0.390 e. The summed E-state index contributed by atoms with van der Waals surface area (Å²) in [5.41, 5.74) is 0.681. The molecule has 0 unspecified atom stereocenters. The van der Waals surface area contributed by atoms with E-state index in [1.165, 1.54) is 0 Å². The third-order valence-electron chi connectivity index (χ3n) is 5.06. The Hall–Kier alpha value is -1.20. The standard InChI is InChI=1S/C22H38N2O7/c1-26-8-9-27-10-11-28-12-13-29-14-15-30-16-17-31-21-4-2-19(3-5-21)22-23-7-6-20(18-25)24-22/h6-7,19,21,25H,2-5,8-18H2,1H3/t19-,21+. The van der Waals surface area contributed by atoms with Gasteiger partial charge in [-0.1, -0.05) is 0 Å². The maximum atomic E-state index is 9.22. The lowest BCUT2D eigenvalue weighted by Gasteiger charge is -2.27. The summed E-state index contributed by atoms with van der Waals surface area (Å²) in [5.74, 6) is 1.20. The molecule has 0 aromatic carbocycles. The van der Waals surface area contributed by atoms with Crippen molar-refractivity contribution in [2.24, 2.45) is 0 Å². The Morgan fingerprint density at radius 2 is 1.35 bits per heavy atom. The molecule has 0 atom stereocenters. The summed E-state index contributed by atoms with van der Waals surface area (Å²) < 4.78 is 32.5. The molecule has 0 saturated heterocycles. The first-order valence-electron chi connectivity index (χ1n) is 11.2. The van der Waals surface area contributed by atoms with Gasteiger partial charge in [-0.15, -0.1) is 0 Å². The van der Waals surface area contributed by atoms with Crippen LogP contribution in [0.25, 0.3) is 0 Å². The zero-order valence-corrected chi connectivity index (χ0v) is 18.7. The number of aliphatic hydroxyl groups excluding tert-OH is 1. The number of hydrogen-bond acceptors (Lipinski definition) is 9. The highest BCUT2D eigenvalue weighted by Gasteiger charge is 2.24. The minimum atomic E-state index is -0.0437. The Bertz CT molecular complexity index is 556. The molecule has 1 aromatic heterocycles. The van der Waals surface area contributed by atoms with Crippen LogP contribution in [0.4, 0.5) is 0 Å². The van der Waals surface area contributed by atoms with E-state index in [2.05, 4.69) is 9.97 Å². The maximum absolute atomic E-state index is 9.22. The van der Waals surface area contributed by atoms with Crippen LogP contribution in [0.1, 0.15) is 43.1 Å². The van der Waals surface area contributed by atoms with Gasteiger partial charge in [0.2, 0.25) is 0 Å². The molecule has 1 aromatic rings. The Kier molecular flexibility index (Phi) is 14.6. The summed E-state index contributed by atoms with van der Waals surface area (Å²) in [5, 5.41) is 9.22. The smallest absolute Gasteiger partial charge is 0.131 e. The van der Waals surface area contributed by atoms with Gasteiger partial charge in [-0.25, -0.2) is 9.97 Å². The van der Waals surface area contributed by atoms with E-state index in [1.807, 2.05) is 0 Å². The lowest BCUT2D eigenvalue weighted by atomic mass is 9.87. The number of methoxy groups -OCH3 is 1. The average Bonchev–Trinajstić information content (AvgIpc) is 2.82. The molecule has 0 radical (unpaired) electrons. The van der Waals surface area contributed by atoms with E-state index in [1.54, 1.807) is 19.4 Å². The second-order valence-corrected chi connectivity index (χ2v) is 7.35. The molecule has 0 aliphatic heterocycles. The molecule has 1 N–H and O–H groups in total. The van der Waals surface area contributed by atoms with Gasteiger partial charge in [0.1, 0.15) is 5.82 Å². The number of ether oxygens (including phenoxy) is 6. The zero-order valence-electron chi connectivity index (χ0n) is 18.7. The normalized spacial score (nSPS) is 19.0. The van der Waals surface area contributed by atoms with Crippen molar-refractivity contribution in [3.8, 4) is 0 Å². The number of aromatic nitrogens is 2. The molecular formula is C22H38N2O7. The van der Waals surface area contributed by atoms with Crippen LogP contribution in [0.5, 0.6) is 0 Å². The summed E-state index contributed by atoms with van der Waals surface area (Å²) in [6, 6.07) is 1.75. The first kappa shape index (κ1) is 26.1. The van der Waals surface area contributed by atoms with Gasteiger partial charge < -0.3 is 33.5 Å². The minimum absolute atomic E-state index is 0.0437. The molecule has 9 heteroatoms. The second-order valence-electron chi connectivity index (χ2n) is 7.35. The first-order valence-corrected chi connectivity index (χ1v) is 11.2. The van der Waals surface area contributed by atoms with Crippen LogP contribution in [0.2, 0.25) is 0 Å². The molecule has 1 aliphatic carbocycles. The fourth-order valence-corrected chi connectivity index (χ4v) is 3.36. The molecule has 1 aliphatic rings. The molecule has 0 amide bonds. The van der Waals surface area contributed by atoms with Gasteiger partial charge in [0.05, 0.1) is 84.5 Å². The Morgan fingerprint density at radius 1 is 0.806 bits per heavy atom. The highest BCUT2D eigenvalue weighted by molar-refractivity contribution is 5.05. The maximum Gasteiger partial charge on any atom is 0.131 e. The number of aliphatic hydroxyl groups is 1. The first-order chi connectivity index (χ1) is 15.3. The van der Waals surface area contributed by atoms with Gasteiger partial charge in [-0.2, -0.15) is 0 Å². The highest BCUT2D eigenvalue weighted by atomic mass is 16.6. The van der Waals surface area contributed by atoms with Crippen LogP contribution in [-0.2, 0) is 35.0 Å². The predicted molar refractivity (Wildman–Crippen MR) is 114 cm³/mol. The average molecular weight is 443 g/mol. The quantitative estimate of drug-likeness (QED) is 0.341. The van der Waals surface area contributed by atoms with E-state index in [0.29, 0.717) is 77.7 Å². The van der Waals surface area contributed by atoms with Gasteiger partial charge in [0.25, 0.3) is 0 Å². The van der Waals surface area contributed by atoms with E-state index in [-0.39, 0.29) is 12.7 Å². The zero-order chi connectivity index (χ0) is 22.0. The van der Waals surface area contributed by atoms with Gasteiger partial charge >= 0.3 is 0 Å². The van der Waals surface area contributed by atoms with Gasteiger partial charge in [0, 0.05) is 19.2 Å². The summed E-state index contributed by atoms with van der Waals surface area (Å²) >= 11 is 0. The Balaban J connectivity index is 1.36.